The Hall–Kier alpha value is -3.13. The summed E-state index contributed by atoms with van der Waals surface area (Å²) in [6.07, 6.45) is 2.61. The number of aliphatic hydroxyl groups excluding tert-OH is 1. The summed E-state index contributed by atoms with van der Waals surface area (Å²) in [4.78, 5) is 12.9. The van der Waals surface area contributed by atoms with Crippen LogP contribution < -0.4 is 15.5 Å². The summed E-state index contributed by atoms with van der Waals surface area (Å²) in [6, 6.07) is 24.3. The molecule has 0 amide bonds. The van der Waals surface area contributed by atoms with E-state index in [4.69, 9.17) is 9.47 Å². The second-order valence-corrected chi connectivity index (χ2v) is 15.8. The van der Waals surface area contributed by atoms with Crippen LogP contribution in [0.1, 0.15) is 25.3 Å². The normalized spacial score (nSPS) is 21.7. The molecule has 0 radical (unpaired) electrons. The third-order valence-corrected chi connectivity index (χ3v) is 12.8. The molecule has 4 atom stereocenters. The van der Waals surface area contributed by atoms with E-state index in [2.05, 4.69) is 61.5 Å². The second-order valence-electron chi connectivity index (χ2n) is 11.1. The fourth-order valence-corrected chi connectivity index (χ4v) is 10.6. The lowest BCUT2D eigenvalue weighted by Crippen LogP contribution is -2.50. The first-order chi connectivity index (χ1) is 18.3. The van der Waals surface area contributed by atoms with Gasteiger partial charge in [0.15, 0.2) is 0 Å². The highest BCUT2D eigenvalue weighted by molar-refractivity contribution is 6.91. The van der Waals surface area contributed by atoms with Crippen LogP contribution in [0.4, 0.5) is 0 Å². The zero-order valence-electron chi connectivity index (χ0n) is 22.7. The van der Waals surface area contributed by atoms with E-state index in [9.17, 15) is 9.90 Å². The van der Waals surface area contributed by atoms with Crippen LogP contribution in [-0.2, 0) is 11.2 Å². The molecule has 0 saturated carbocycles. The van der Waals surface area contributed by atoms with Gasteiger partial charge >= 0.3 is 0 Å². The number of aromatic nitrogens is 2. The molecule has 4 aromatic rings. The number of methoxy groups -OCH3 is 1. The van der Waals surface area contributed by atoms with Gasteiger partial charge in [-0.2, -0.15) is 0 Å². The largest absolute Gasteiger partial charge is 0.497 e. The third kappa shape index (κ3) is 4.98. The fourth-order valence-electron chi connectivity index (χ4n) is 6.44. The predicted molar refractivity (Wildman–Crippen MR) is 156 cm³/mol. The van der Waals surface area contributed by atoms with E-state index in [1.54, 1.807) is 11.8 Å². The summed E-state index contributed by atoms with van der Waals surface area (Å²) in [5.74, 6) is 1.26. The minimum Gasteiger partial charge on any atom is -0.497 e. The van der Waals surface area contributed by atoms with Gasteiger partial charge in [0.25, 0.3) is 5.56 Å². The first kappa shape index (κ1) is 26.5. The Labute approximate surface area is 225 Å². The van der Waals surface area contributed by atoms with E-state index < -0.39 is 8.07 Å². The van der Waals surface area contributed by atoms with Crippen LogP contribution in [0.3, 0.4) is 0 Å². The molecule has 3 aromatic carbocycles. The molecule has 7 heteroatoms. The summed E-state index contributed by atoms with van der Waals surface area (Å²) in [5.41, 5.74) is 3.22. The Morgan fingerprint density at radius 3 is 2.47 bits per heavy atom. The van der Waals surface area contributed by atoms with Crippen molar-refractivity contribution in [2.24, 2.45) is 5.92 Å². The number of nitrogens with zero attached hydrogens (tertiary/aromatic N) is 1. The van der Waals surface area contributed by atoms with Gasteiger partial charge in [-0.1, -0.05) is 61.6 Å². The van der Waals surface area contributed by atoms with Gasteiger partial charge in [0, 0.05) is 6.61 Å². The fraction of sp³-hybridized carbons (Fsp3) is 0.387. The van der Waals surface area contributed by atoms with Crippen molar-refractivity contribution in [2.45, 2.75) is 57.0 Å². The monoisotopic (exact) mass is 530 g/mol. The molecule has 1 aliphatic rings. The molecule has 0 aliphatic carbocycles. The van der Waals surface area contributed by atoms with E-state index in [1.165, 1.54) is 10.8 Å². The molecule has 200 valence electrons. The zero-order chi connectivity index (χ0) is 26.9. The SMILES string of the molecule is COc1ccc([Si](C)(C)[C@@H]2[C@@H](C)[C@@H](CCc3cccc(-n4[nH]c5ccccc5c4=O)c3)O[C@H]2CCO)cc1. The van der Waals surface area contributed by atoms with Crippen LogP contribution in [0.2, 0.25) is 18.6 Å². The minimum atomic E-state index is -1.91. The highest BCUT2D eigenvalue weighted by atomic mass is 28.3. The molecule has 0 spiro atoms. The van der Waals surface area contributed by atoms with Crippen molar-refractivity contribution < 1.29 is 14.6 Å². The second kappa shape index (κ2) is 10.9. The Morgan fingerprint density at radius 1 is 1.00 bits per heavy atom. The van der Waals surface area contributed by atoms with Crippen molar-refractivity contribution in [1.29, 1.82) is 0 Å². The van der Waals surface area contributed by atoms with Crippen LogP contribution in [0, 0.1) is 5.92 Å². The number of ether oxygens (including phenoxy) is 2. The van der Waals surface area contributed by atoms with Gasteiger partial charge in [-0.15, -0.1) is 0 Å². The first-order valence-corrected chi connectivity index (χ1v) is 16.6. The molecule has 2 heterocycles. The summed E-state index contributed by atoms with van der Waals surface area (Å²) in [6.45, 7) is 7.31. The van der Waals surface area contributed by atoms with Crippen molar-refractivity contribution in [1.82, 2.24) is 9.78 Å². The van der Waals surface area contributed by atoms with Crippen molar-refractivity contribution in [3.8, 4) is 11.4 Å². The number of hydrogen-bond acceptors (Lipinski definition) is 4. The van der Waals surface area contributed by atoms with Crippen molar-refractivity contribution in [3.05, 3.63) is 88.7 Å². The van der Waals surface area contributed by atoms with Gasteiger partial charge < -0.3 is 14.6 Å². The van der Waals surface area contributed by atoms with Crippen LogP contribution in [-0.4, -0.2) is 48.9 Å². The average molecular weight is 531 g/mol. The smallest absolute Gasteiger partial charge is 0.279 e. The molecule has 1 saturated heterocycles. The number of H-pyrrole nitrogens is 1. The van der Waals surface area contributed by atoms with Crippen molar-refractivity contribution in [3.63, 3.8) is 0 Å². The van der Waals surface area contributed by atoms with Crippen molar-refractivity contribution in [2.75, 3.05) is 13.7 Å². The van der Waals surface area contributed by atoms with Gasteiger partial charge in [0.05, 0.1) is 44.0 Å². The lowest BCUT2D eigenvalue weighted by Gasteiger charge is -2.36. The molecule has 1 aromatic heterocycles. The topological polar surface area (TPSA) is 76.5 Å². The molecule has 1 fully saturated rings. The van der Waals surface area contributed by atoms with Crippen LogP contribution in [0.25, 0.3) is 16.6 Å². The Bertz CT molecular complexity index is 1440. The molecule has 0 bridgehead atoms. The van der Waals surface area contributed by atoms with Crippen LogP contribution in [0.15, 0.2) is 77.6 Å². The minimum absolute atomic E-state index is 0.0362. The molecule has 38 heavy (non-hydrogen) atoms. The Kier molecular flexibility index (Phi) is 7.61. The van der Waals surface area contributed by atoms with E-state index in [0.29, 0.717) is 23.3 Å². The number of rotatable bonds is 9. The summed E-state index contributed by atoms with van der Waals surface area (Å²) in [7, 11) is -0.210. The van der Waals surface area contributed by atoms with Crippen LogP contribution in [0.5, 0.6) is 5.75 Å². The van der Waals surface area contributed by atoms with E-state index in [1.807, 2.05) is 36.4 Å². The molecule has 5 rings (SSSR count). The summed E-state index contributed by atoms with van der Waals surface area (Å²) >= 11 is 0. The van der Waals surface area contributed by atoms with E-state index >= 15 is 0 Å². The number of aromatic amines is 1. The Morgan fingerprint density at radius 2 is 1.76 bits per heavy atom. The predicted octanol–water partition coefficient (Wildman–Crippen LogP) is 5.03. The maximum Gasteiger partial charge on any atom is 0.279 e. The third-order valence-electron chi connectivity index (χ3n) is 8.46. The van der Waals surface area contributed by atoms with Gasteiger partial charge in [-0.05, 0) is 72.7 Å². The lowest BCUT2D eigenvalue weighted by atomic mass is 9.95. The van der Waals surface area contributed by atoms with Gasteiger partial charge in [-0.25, -0.2) is 4.68 Å². The average Bonchev–Trinajstić information content (AvgIpc) is 3.44. The molecule has 2 N–H and O–H groups in total. The number of nitrogens with one attached hydrogen (secondary N) is 1. The molecular formula is C31H38N2O4Si. The number of benzene rings is 3. The number of aliphatic hydroxyl groups is 1. The maximum atomic E-state index is 12.9. The number of para-hydroxylation sites is 1. The van der Waals surface area contributed by atoms with Gasteiger partial charge in [-0.3, -0.25) is 9.89 Å². The molecular weight excluding hydrogens is 492 g/mol. The number of aryl methyl sites for hydroxylation is 1. The standard InChI is InChI=1S/C31H38N2O4Si/c1-21-28(37-29(18-19-34)30(21)38(3,4)25-15-13-24(36-2)14-16-25)17-12-22-8-7-9-23(20-22)33-31(35)26-10-5-6-11-27(26)32-33/h5-11,13-16,20-21,28-30,32,34H,12,17-19H2,1-4H3/t21-,28+,29-,30+/m0/s1. The lowest BCUT2D eigenvalue weighted by molar-refractivity contribution is 0.0196. The van der Waals surface area contributed by atoms with E-state index in [-0.39, 0.29) is 24.4 Å². The summed E-state index contributed by atoms with van der Waals surface area (Å²) in [5, 5.41) is 15.1. The maximum absolute atomic E-state index is 12.9. The zero-order valence-corrected chi connectivity index (χ0v) is 23.7. The summed E-state index contributed by atoms with van der Waals surface area (Å²) < 4.78 is 13.7. The molecule has 0 unspecified atom stereocenters. The van der Waals surface area contributed by atoms with Crippen LogP contribution >= 0.6 is 0 Å². The van der Waals surface area contributed by atoms with E-state index in [0.717, 1.165) is 29.8 Å². The quantitative estimate of drug-likeness (QED) is 0.298. The van der Waals surface area contributed by atoms with Gasteiger partial charge in [0.2, 0.25) is 0 Å². The Balaban J connectivity index is 1.34. The van der Waals surface area contributed by atoms with Gasteiger partial charge in [0.1, 0.15) is 5.75 Å². The highest BCUT2D eigenvalue weighted by Crippen LogP contribution is 2.46. The first-order valence-electron chi connectivity index (χ1n) is 13.5. The highest BCUT2D eigenvalue weighted by Gasteiger charge is 2.50. The number of fused-ring (bicyclic) bond motifs is 1. The molecule has 1 aliphatic heterocycles. The number of hydrogen-bond donors (Lipinski definition) is 2. The van der Waals surface area contributed by atoms with Crippen molar-refractivity contribution >= 4 is 24.2 Å². The molecule has 6 nitrogen and oxygen atoms in total.